The summed E-state index contributed by atoms with van der Waals surface area (Å²) in [5, 5.41) is 10.6. The molecule has 1 amide bonds. The first-order valence-corrected chi connectivity index (χ1v) is 8.64. The lowest BCUT2D eigenvalue weighted by molar-refractivity contribution is -0.118. The molecule has 0 aliphatic carbocycles. The molecule has 0 saturated carbocycles. The number of hydrogen-bond acceptors (Lipinski definition) is 5. The smallest absolute Gasteiger partial charge is 0.264 e. The van der Waals surface area contributed by atoms with Gasteiger partial charge in [0.25, 0.3) is 5.91 Å². The molecule has 2 aromatic rings. The van der Waals surface area contributed by atoms with E-state index in [0.29, 0.717) is 11.9 Å². The van der Waals surface area contributed by atoms with E-state index in [2.05, 4.69) is 20.7 Å². The first kappa shape index (κ1) is 20.2. The van der Waals surface area contributed by atoms with Crippen LogP contribution in [0.5, 0.6) is 5.75 Å². The lowest BCUT2D eigenvalue weighted by atomic mass is 9.98. The molecule has 3 rings (SSSR count). The maximum absolute atomic E-state index is 12.2. The van der Waals surface area contributed by atoms with Crippen molar-refractivity contribution in [2.24, 2.45) is 7.05 Å². The summed E-state index contributed by atoms with van der Waals surface area (Å²) < 4.78 is 7.26. The van der Waals surface area contributed by atoms with E-state index in [1.54, 1.807) is 11.7 Å². The number of aryl methyl sites for hydroxylation is 3. The van der Waals surface area contributed by atoms with Crippen LogP contribution in [0, 0.1) is 13.8 Å². The van der Waals surface area contributed by atoms with E-state index in [1.807, 2.05) is 32.0 Å². The van der Waals surface area contributed by atoms with Gasteiger partial charge in [0, 0.05) is 13.0 Å². The van der Waals surface area contributed by atoms with Gasteiger partial charge in [0.1, 0.15) is 5.75 Å². The molecule has 1 aliphatic rings. The maximum Gasteiger partial charge on any atom is 0.264 e. The average molecular weight is 380 g/mol. The van der Waals surface area contributed by atoms with Crippen molar-refractivity contribution in [1.82, 2.24) is 20.1 Å². The molecule has 2 N–H and O–H groups in total. The van der Waals surface area contributed by atoms with E-state index >= 15 is 0 Å². The first-order valence-electron chi connectivity index (χ1n) is 8.64. The van der Waals surface area contributed by atoms with Crippen LogP contribution in [-0.4, -0.2) is 40.4 Å². The molecular formula is C18H26ClN5O2. The van der Waals surface area contributed by atoms with Crippen molar-refractivity contribution in [2.75, 3.05) is 25.0 Å². The molecule has 142 valence electrons. The van der Waals surface area contributed by atoms with Crippen molar-refractivity contribution < 1.29 is 9.53 Å². The van der Waals surface area contributed by atoms with Gasteiger partial charge in [-0.2, -0.15) is 10.1 Å². The van der Waals surface area contributed by atoms with Crippen molar-refractivity contribution in [3.05, 3.63) is 35.2 Å². The van der Waals surface area contributed by atoms with Crippen LogP contribution >= 0.6 is 12.4 Å². The number of aromatic nitrogens is 3. The number of carbonyl (C=O) groups is 1. The van der Waals surface area contributed by atoms with Crippen molar-refractivity contribution in [3.63, 3.8) is 0 Å². The molecule has 0 atom stereocenters. The van der Waals surface area contributed by atoms with Crippen LogP contribution in [0.25, 0.3) is 0 Å². The van der Waals surface area contributed by atoms with Crippen molar-refractivity contribution in [1.29, 1.82) is 0 Å². The first-order chi connectivity index (χ1) is 12.0. The minimum absolute atomic E-state index is 0. The van der Waals surface area contributed by atoms with E-state index in [9.17, 15) is 4.79 Å². The van der Waals surface area contributed by atoms with Gasteiger partial charge in [-0.25, -0.2) is 4.68 Å². The van der Waals surface area contributed by atoms with Gasteiger partial charge in [0.2, 0.25) is 5.95 Å². The lowest BCUT2D eigenvalue weighted by Crippen LogP contribution is -2.27. The molecule has 0 unspecified atom stereocenters. The Morgan fingerprint density at radius 1 is 1.35 bits per heavy atom. The molecule has 7 nitrogen and oxygen atoms in total. The molecule has 26 heavy (non-hydrogen) atoms. The molecule has 1 aromatic heterocycles. The number of halogens is 1. The standard InChI is InChI=1S/C18H25N5O2.ClH/c1-12-4-5-13(2)15(10-12)25-11-16(24)20-18-21-17(22-23(18)3)14-6-8-19-9-7-14;/h4-5,10,14,19H,6-9,11H2,1-3H3,(H,20,21,22,24);1H. The summed E-state index contributed by atoms with van der Waals surface area (Å²) in [5.74, 6) is 2.10. The Bertz CT molecular complexity index is 756. The summed E-state index contributed by atoms with van der Waals surface area (Å²) in [6.07, 6.45) is 2.04. The van der Waals surface area contributed by atoms with Crippen LogP contribution in [0.1, 0.15) is 35.7 Å². The number of rotatable bonds is 5. The van der Waals surface area contributed by atoms with Crippen LogP contribution in [0.4, 0.5) is 5.95 Å². The van der Waals surface area contributed by atoms with Gasteiger partial charge >= 0.3 is 0 Å². The molecule has 0 spiro atoms. The molecule has 1 aromatic carbocycles. The highest BCUT2D eigenvalue weighted by Gasteiger charge is 2.21. The predicted molar refractivity (Wildman–Crippen MR) is 103 cm³/mol. The Balaban J connectivity index is 0.00000243. The second-order valence-electron chi connectivity index (χ2n) is 6.55. The highest BCUT2D eigenvalue weighted by atomic mass is 35.5. The minimum Gasteiger partial charge on any atom is -0.483 e. The summed E-state index contributed by atoms with van der Waals surface area (Å²) >= 11 is 0. The van der Waals surface area contributed by atoms with E-state index < -0.39 is 0 Å². The van der Waals surface area contributed by atoms with Gasteiger partial charge in [-0.3, -0.25) is 10.1 Å². The number of benzene rings is 1. The normalized spacial score (nSPS) is 14.6. The van der Waals surface area contributed by atoms with E-state index in [-0.39, 0.29) is 24.9 Å². The quantitative estimate of drug-likeness (QED) is 0.833. The average Bonchev–Trinajstić information content (AvgIpc) is 2.97. The number of anilines is 1. The fourth-order valence-electron chi connectivity index (χ4n) is 2.93. The zero-order valence-corrected chi connectivity index (χ0v) is 16.2. The third-order valence-electron chi connectivity index (χ3n) is 4.44. The third kappa shape index (κ3) is 4.95. The Morgan fingerprint density at radius 2 is 2.08 bits per heavy atom. The van der Waals surface area contributed by atoms with Crippen molar-refractivity contribution in [3.8, 4) is 5.75 Å². The second kappa shape index (κ2) is 9.00. The molecular weight excluding hydrogens is 354 g/mol. The third-order valence-corrected chi connectivity index (χ3v) is 4.44. The van der Waals surface area contributed by atoms with E-state index in [0.717, 1.165) is 48.6 Å². The Kier molecular flexibility index (Phi) is 6.99. The Labute approximate surface area is 159 Å². The number of nitrogens with one attached hydrogen (secondary N) is 2. The Morgan fingerprint density at radius 3 is 2.81 bits per heavy atom. The fourth-order valence-corrected chi connectivity index (χ4v) is 2.93. The van der Waals surface area contributed by atoms with Crippen molar-refractivity contribution >= 4 is 24.3 Å². The van der Waals surface area contributed by atoms with E-state index in [1.165, 1.54) is 0 Å². The van der Waals surface area contributed by atoms with Crippen LogP contribution in [0.3, 0.4) is 0 Å². The van der Waals surface area contributed by atoms with Crippen LogP contribution in [0.15, 0.2) is 18.2 Å². The number of nitrogens with zero attached hydrogens (tertiary/aromatic N) is 3. The van der Waals surface area contributed by atoms with Gasteiger partial charge in [-0.05, 0) is 57.0 Å². The maximum atomic E-state index is 12.2. The van der Waals surface area contributed by atoms with Gasteiger partial charge in [-0.15, -0.1) is 12.4 Å². The monoisotopic (exact) mass is 379 g/mol. The Hall–Kier alpha value is -2.12. The lowest BCUT2D eigenvalue weighted by Gasteiger charge is -2.19. The molecule has 0 radical (unpaired) electrons. The molecule has 1 fully saturated rings. The summed E-state index contributed by atoms with van der Waals surface area (Å²) in [6.45, 7) is 5.86. The molecule has 2 heterocycles. The summed E-state index contributed by atoms with van der Waals surface area (Å²) in [4.78, 5) is 16.7. The number of hydrogen-bond donors (Lipinski definition) is 2. The highest BCUT2D eigenvalue weighted by Crippen LogP contribution is 2.23. The van der Waals surface area contributed by atoms with Gasteiger partial charge in [0.15, 0.2) is 12.4 Å². The summed E-state index contributed by atoms with van der Waals surface area (Å²) in [6, 6.07) is 5.93. The number of amides is 1. The van der Waals surface area contributed by atoms with Gasteiger partial charge < -0.3 is 10.1 Å². The largest absolute Gasteiger partial charge is 0.483 e. The highest BCUT2D eigenvalue weighted by molar-refractivity contribution is 5.90. The minimum atomic E-state index is -0.242. The molecule has 1 saturated heterocycles. The van der Waals surface area contributed by atoms with Crippen molar-refractivity contribution in [2.45, 2.75) is 32.6 Å². The van der Waals surface area contributed by atoms with Crippen LogP contribution in [-0.2, 0) is 11.8 Å². The molecule has 1 aliphatic heterocycles. The predicted octanol–water partition coefficient (Wildman–Crippen LogP) is 2.34. The second-order valence-corrected chi connectivity index (χ2v) is 6.55. The number of carbonyl (C=O) groups excluding carboxylic acids is 1. The van der Waals surface area contributed by atoms with Crippen LogP contribution < -0.4 is 15.4 Å². The summed E-state index contributed by atoms with van der Waals surface area (Å²) in [5.41, 5.74) is 2.10. The van der Waals surface area contributed by atoms with E-state index in [4.69, 9.17) is 4.74 Å². The number of piperidine rings is 1. The van der Waals surface area contributed by atoms with Gasteiger partial charge in [-0.1, -0.05) is 12.1 Å². The molecule has 8 heteroatoms. The van der Waals surface area contributed by atoms with Crippen LogP contribution in [0.2, 0.25) is 0 Å². The number of ether oxygens (including phenoxy) is 1. The fraction of sp³-hybridized carbons (Fsp3) is 0.500. The molecule has 0 bridgehead atoms. The van der Waals surface area contributed by atoms with Gasteiger partial charge in [0.05, 0.1) is 0 Å². The topological polar surface area (TPSA) is 81.1 Å². The summed E-state index contributed by atoms with van der Waals surface area (Å²) in [7, 11) is 1.79. The zero-order chi connectivity index (χ0) is 17.8. The SMILES string of the molecule is Cc1ccc(C)c(OCC(=O)Nc2nc(C3CCNCC3)nn2C)c1.Cl. The zero-order valence-electron chi connectivity index (χ0n) is 15.4.